The molecule has 1 aromatic carbocycles. The zero-order chi connectivity index (χ0) is 13.3. The van der Waals surface area contributed by atoms with Gasteiger partial charge in [0, 0.05) is 11.6 Å². The van der Waals surface area contributed by atoms with Gasteiger partial charge >= 0.3 is 0 Å². The molecule has 0 aliphatic heterocycles. The Kier molecular flexibility index (Phi) is 2.88. The number of fused-ring (bicyclic) bond motifs is 1. The minimum absolute atomic E-state index is 0.0287. The third kappa shape index (κ3) is 2.23. The molecule has 3 nitrogen and oxygen atoms in total. The average molecular weight is 242 g/mol. The first-order valence-electron chi connectivity index (χ1n) is 5.62. The summed E-state index contributed by atoms with van der Waals surface area (Å²) in [5.74, 6) is 3.12. The van der Waals surface area contributed by atoms with Crippen molar-refractivity contribution in [1.82, 2.24) is 0 Å². The van der Waals surface area contributed by atoms with E-state index in [9.17, 15) is 4.79 Å². The molecule has 3 heteroatoms. The highest BCUT2D eigenvalue weighted by molar-refractivity contribution is 5.78. The van der Waals surface area contributed by atoms with Gasteiger partial charge in [-0.1, -0.05) is 5.92 Å². The molecule has 18 heavy (non-hydrogen) atoms. The van der Waals surface area contributed by atoms with Crippen molar-refractivity contribution in [3.05, 3.63) is 40.2 Å². The van der Waals surface area contributed by atoms with E-state index >= 15 is 0 Å². The Morgan fingerprint density at radius 2 is 2.11 bits per heavy atom. The standard InChI is InChI=1S/C15H14O3/c1-5-15(3,4)18-11-6-7-12-13(8-11)17-9-10(2)14(12)16/h1,6-9H,2-4H3. The number of benzene rings is 1. The summed E-state index contributed by atoms with van der Waals surface area (Å²) in [6.07, 6.45) is 6.81. The maximum Gasteiger partial charge on any atom is 0.195 e. The zero-order valence-electron chi connectivity index (χ0n) is 10.6. The minimum atomic E-state index is -0.696. The van der Waals surface area contributed by atoms with Gasteiger partial charge in [0.2, 0.25) is 0 Å². The molecule has 2 aromatic rings. The molecule has 0 bridgehead atoms. The summed E-state index contributed by atoms with van der Waals surface area (Å²) >= 11 is 0. The summed E-state index contributed by atoms with van der Waals surface area (Å²) in [5.41, 5.74) is 0.355. The molecule has 0 radical (unpaired) electrons. The van der Waals surface area contributed by atoms with E-state index in [1.54, 1.807) is 39.0 Å². The van der Waals surface area contributed by atoms with Gasteiger partial charge in [-0.25, -0.2) is 0 Å². The Hall–Kier alpha value is -2.21. The van der Waals surface area contributed by atoms with Gasteiger partial charge in [-0.05, 0) is 32.9 Å². The van der Waals surface area contributed by atoms with Gasteiger partial charge in [-0.2, -0.15) is 0 Å². The molecular weight excluding hydrogens is 228 g/mol. The fourth-order valence-electron chi connectivity index (χ4n) is 1.59. The number of rotatable bonds is 2. The molecule has 0 spiro atoms. The van der Waals surface area contributed by atoms with Crippen LogP contribution in [0.1, 0.15) is 19.4 Å². The molecule has 1 heterocycles. The lowest BCUT2D eigenvalue weighted by Crippen LogP contribution is -2.25. The highest BCUT2D eigenvalue weighted by Crippen LogP contribution is 2.22. The molecule has 0 saturated heterocycles. The first-order chi connectivity index (χ1) is 8.43. The van der Waals surface area contributed by atoms with Crippen molar-refractivity contribution in [3.63, 3.8) is 0 Å². The minimum Gasteiger partial charge on any atom is -0.475 e. The van der Waals surface area contributed by atoms with Gasteiger partial charge in [0.05, 0.1) is 11.6 Å². The van der Waals surface area contributed by atoms with E-state index in [4.69, 9.17) is 15.6 Å². The van der Waals surface area contributed by atoms with Crippen LogP contribution in [-0.2, 0) is 0 Å². The van der Waals surface area contributed by atoms with Gasteiger partial charge in [-0.15, -0.1) is 6.42 Å². The van der Waals surface area contributed by atoms with Crippen molar-refractivity contribution in [2.45, 2.75) is 26.4 Å². The van der Waals surface area contributed by atoms with E-state index in [0.717, 1.165) is 0 Å². The number of ether oxygens (including phenoxy) is 1. The fraction of sp³-hybridized carbons (Fsp3) is 0.267. The molecule has 0 unspecified atom stereocenters. The van der Waals surface area contributed by atoms with Crippen LogP contribution in [-0.4, -0.2) is 5.60 Å². The maximum atomic E-state index is 11.8. The summed E-state index contributed by atoms with van der Waals surface area (Å²) in [7, 11) is 0. The van der Waals surface area contributed by atoms with Crippen LogP contribution in [0.4, 0.5) is 0 Å². The van der Waals surface area contributed by atoms with Crippen LogP contribution in [0.25, 0.3) is 11.0 Å². The Balaban J connectivity index is 2.50. The van der Waals surface area contributed by atoms with E-state index in [-0.39, 0.29) is 5.43 Å². The predicted octanol–water partition coefficient (Wildman–Crippen LogP) is 2.89. The highest BCUT2D eigenvalue weighted by atomic mass is 16.5. The summed E-state index contributed by atoms with van der Waals surface area (Å²) in [6, 6.07) is 5.09. The lowest BCUT2D eigenvalue weighted by molar-refractivity contribution is 0.172. The summed E-state index contributed by atoms with van der Waals surface area (Å²) in [4.78, 5) is 11.8. The van der Waals surface area contributed by atoms with Crippen LogP contribution in [0.3, 0.4) is 0 Å². The van der Waals surface area contributed by atoms with Gasteiger partial charge < -0.3 is 9.15 Å². The van der Waals surface area contributed by atoms with Crippen LogP contribution in [0, 0.1) is 19.3 Å². The topological polar surface area (TPSA) is 39.4 Å². The molecule has 0 amide bonds. The quantitative estimate of drug-likeness (QED) is 0.760. The summed E-state index contributed by atoms with van der Waals surface area (Å²) in [6.45, 7) is 5.31. The zero-order valence-corrected chi connectivity index (χ0v) is 10.6. The normalized spacial score (nSPS) is 11.2. The van der Waals surface area contributed by atoms with Gasteiger partial charge in [0.1, 0.15) is 11.3 Å². The second kappa shape index (κ2) is 4.23. The molecule has 2 rings (SSSR count). The highest BCUT2D eigenvalue weighted by Gasteiger charge is 2.16. The largest absolute Gasteiger partial charge is 0.475 e. The van der Waals surface area contributed by atoms with E-state index in [0.29, 0.717) is 22.3 Å². The first-order valence-corrected chi connectivity index (χ1v) is 5.62. The second-order valence-corrected chi connectivity index (χ2v) is 4.66. The third-order valence-corrected chi connectivity index (χ3v) is 2.64. The number of hydrogen-bond donors (Lipinski definition) is 0. The molecule has 0 saturated carbocycles. The molecule has 0 fully saturated rings. The number of hydrogen-bond acceptors (Lipinski definition) is 3. The Morgan fingerprint density at radius 1 is 1.39 bits per heavy atom. The van der Waals surface area contributed by atoms with Crippen LogP contribution in [0.15, 0.2) is 33.7 Å². The van der Waals surface area contributed by atoms with Crippen molar-refractivity contribution in [2.75, 3.05) is 0 Å². The molecular formula is C15H14O3. The van der Waals surface area contributed by atoms with Crippen molar-refractivity contribution < 1.29 is 9.15 Å². The molecule has 0 N–H and O–H groups in total. The van der Waals surface area contributed by atoms with Crippen molar-refractivity contribution in [3.8, 4) is 18.1 Å². The average Bonchev–Trinajstić information content (AvgIpc) is 2.34. The lowest BCUT2D eigenvalue weighted by atomic mass is 10.1. The van der Waals surface area contributed by atoms with Crippen LogP contribution >= 0.6 is 0 Å². The smallest absolute Gasteiger partial charge is 0.195 e. The van der Waals surface area contributed by atoms with Crippen LogP contribution in [0.2, 0.25) is 0 Å². The summed E-state index contributed by atoms with van der Waals surface area (Å²) < 4.78 is 11.0. The predicted molar refractivity (Wildman–Crippen MR) is 70.8 cm³/mol. The monoisotopic (exact) mass is 242 g/mol. The van der Waals surface area contributed by atoms with Crippen molar-refractivity contribution in [2.24, 2.45) is 0 Å². The molecule has 1 aromatic heterocycles. The molecule has 0 atom stereocenters. The second-order valence-electron chi connectivity index (χ2n) is 4.66. The molecule has 0 aliphatic carbocycles. The Labute approximate surface area is 105 Å². The van der Waals surface area contributed by atoms with Gasteiger partial charge in [0.25, 0.3) is 0 Å². The fourth-order valence-corrected chi connectivity index (χ4v) is 1.59. The summed E-state index contributed by atoms with van der Waals surface area (Å²) in [5, 5.41) is 0.542. The lowest BCUT2D eigenvalue weighted by Gasteiger charge is -2.20. The maximum absolute atomic E-state index is 11.8. The number of terminal acetylenes is 1. The van der Waals surface area contributed by atoms with Gasteiger partial charge in [0.15, 0.2) is 11.0 Å². The van der Waals surface area contributed by atoms with E-state index in [1.165, 1.54) is 6.26 Å². The van der Waals surface area contributed by atoms with E-state index in [1.807, 2.05) is 0 Å². The SMILES string of the molecule is C#CC(C)(C)Oc1ccc2c(=O)c(C)coc2c1. The van der Waals surface area contributed by atoms with E-state index in [2.05, 4.69) is 5.92 Å². The van der Waals surface area contributed by atoms with E-state index < -0.39 is 5.60 Å². The van der Waals surface area contributed by atoms with Crippen molar-refractivity contribution in [1.29, 1.82) is 0 Å². The van der Waals surface area contributed by atoms with Crippen LogP contribution in [0.5, 0.6) is 5.75 Å². The van der Waals surface area contributed by atoms with Crippen LogP contribution < -0.4 is 10.2 Å². The Bertz CT molecular complexity index is 687. The van der Waals surface area contributed by atoms with Crippen molar-refractivity contribution >= 4 is 11.0 Å². The first kappa shape index (κ1) is 12.3. The molecule has 92 valence electrons. The number of aryl methyl sites for hydroxylation is 1. The van der Waals surface area contributed by atoms with Gasteiger partial charge in [-0.3, -0.25) is 4.79 Å². The molecule has 0 aliphatic rings. The Morgan fingerprint density at radius 3 is 2.78 bits per heavy atom. The third-order valence-electron chi connectivity index (χ3n) is 2.64.